The summed E-state index contributed by atoms with van der Waals surface area (Å²) in [7, 11) is 0. The van der Waals surface area contributed by atoms with Crippen LogP contribution in [0.15, 0.2) is 52.5 Å². The van der Waals surface area contributed by atoms with Crippen molar-refractivity contribution in [2.24, 2.45) is 11.0 Å². The number of ether oxygens (including phenoxy) is 1. The first-order valence-corrected chi connectivity index (χ1v) is 12.0. The quantitative estimate of drug-likeness (QED) is 0.536. The minimum Gasteiger partial charge on any atom is -0.373 e. The normalized spacial score (nSPS) is 22.4. The second-order valence-electron chi connectivity index (χ2n) is 9.22. The van der Waals surface area contributed by atoms with Gasteiger partial charge in [-0.05, 0) is 50.1 Å². The molecule has 2 aliphatic heterocycles. The van der Waals surface area contributed by atoms with Crippen LogP contribution in [0, 0.1) is 18.7 Å². The zero-order valence-electron chi connectivity index (χ0n) is 18.7. The Bertz CT molecular complexity index is 1410. The number of rotatable bonds is 4. The van der Waals surface area contributed by atoms with Crippen LogP contribution in [-0.4, -0.2) is 46.1 Å². The minimum atomic E-state index is -0.444. The van der Waals surface area contributed by atoms with E-state index in [1.54, 1.807) is 22.9 Å². The molecule has 2 atom stereocenters. The standard InChI is InChI=1S/C26H24ClFN4O2/c1-15-2-6-21-22(20-7-3-17(27)10-23(20)28)14-31(26(33)25(21)30-15)19-8-9-34-24(11-19)16-12-29-32(13-16)18-4-5-18/h2-3,6-7,10-12,14,16,18,24H,4-5,8-9,13H2,1H3. The number of hydrogen-bond donors (Lipinski definition) is 0. The lowest BCUT2D eigenvalue weighted by molar-refractivity contribution is 0.0546. The van der Waals surface area contributed by atoms with E-state index in [1.807, 2.05) is 31.3 Å². The molecule has 3 aromatic rings. The Labute approximate surface area is 201 Å². The van der Waals surface area contributed by atoms with E-state index in [9.17, 15) is 9.18 Å². The van der Waals surface area contributed by atoms with Crippen LogP contribution in [0.3, 0.4) is 0 Å². The first-order valence-electron chi connectivity index (χ1n) is 11.6. The smallest absolute Gasteiger partial charge is 0.281 e. The number of hydrazone groups is 1. The van der Waals surface area contributed by atoms with Gasteiger partial charge in [0.15, 0.2) is 0 Å². The Kier molecular flexibility index (Phi) is 5.26. The van der Waals surface area contributed by atoms with E-state index in [-0.39, 0.29) is 17.6 Å². The summed E-state index contributed by atoms with van der Waals surface area (Å²) in [5, 5.41) is 7.64. The van der Waals surface area contributed by atoms with E-state index in [4.69, 9.17) is 16.3 Å². The lowest BCUT2D eigenvalue weighted by Gasteiger charge is -2.27. The fourth-order valence-corrected chi connectivity index (χ4v) is 4.96. The fourth-order valence-electron chi connectivity index (χ4n) is 4.80. The highest BCUT2D eigenvalue weighted by Gasteiger charge is 2.35. The maximum atomic E-state index is 14.9. The summed E-state index contributed by atoms with van der Waals surface area (Å²) < 4.78 is 22.6. The molecule has 2 aromatic heterocycles. The SMILES string of the molecule is Cc1ccc2c(-c3ccc(Cl)cc3F)cn(C3=CC(C4C=NN(C5CC5)C4)OCC3)c(=O)c2n1. The molecular formula is C26H24ClFN4O2. The third-order valence-corrected chi connectivity index (χ3v) is 6.99. The number of hydrogen-bond acceptors (Lipinski definition) is 5. The van der Waals surface area contributed by atoms with Gasteiger partial charge in [-0.15, -0.1) is 0 Å². The molecule has 4 heterocycles. The van der Waals surface area contributed by atoms with E-state index in [1.165, 1.54) is 18.9 Å². The first kappa shape index (κ1) is 21.5. The zero-order chi connectivity index (χ0) is 23.4. The average molecular weight is 479 g/mol. The van der Waals surface area contributed by atoms with Crippen LogP contribution in [0.4, 0.5) is 4.39 Å². The Morgan fingerprint density at radius 1 is 1.18 bits per heavy atom. The predicted octanol–water partition coefficient (Wildman–Crippen LogP) is 4.87. The molecule has 2 unspecified atom stereocenters. The van der Waals surface area contributed by atoms with Gasteiger partial charge in [0.05, 0.1) is 12.7 Å². The van der Waals surface area contributed by atoms with Crippen LogP contribution in [0.1, 0.15) is 25.0 Å². The second kappa shape index (κ2) is 8.32. The van der Waals surface area contributed by atoms with Crippen LogP contribution in [0.5, 0.6) is 0 Å². The molecule has 1 aliphatic carbocycles. The summed E-state index contributed by atoms with van der Waals surface area (Å²) in [4.78, 5) is 18.1. The number of nitrogens with zero attached hydrogens (tertiary/aromatic N) is 4. The average Bonchev–Trinajstić information content (AvgIpc) is 3.56. The van der Waals surface area contributed by atoms with Crippen molar-refractivity contribution in [3.63, 3.8) is 0 Å². The lowest BCUT2D eigenvalue weighted by atomic mass is 9.99. The maximum absolute atomic E-state index is 14.9. The number of fused-ring (bicyclic) bond motifs is 1. The van der Waals surface area contributed by atoms with Gasteiger partial charge in [0.25, 0.3) is 5.56 Å². The highest BCUT2D eigenvalue weighted by atomic mass is 35.5. The van der Waals surface area contributed by atoms with E-state index < -0.39 is 5.82 Å². The highest BCUT2D eigenvalue weighted by molar-refractivity contribution is 6.30. The molecule has 6 nitrogen and oxygen atoms in total. The molecule has 1 aromatic carbocycles. The molecule has 0 saturated heterocycles. The maximum Gasteiger partial charge on any atom is 0.281 e. The van der Waals surface area contributed by atoms with E-state index in [0.717, 1.165) is 17.9 Å². The zero-order valence-corrected chi connectivity index (χ0v) is 19.5. The van der Waals surface area contributed by atoms with Crippen LogP contribution in [0.25, 0.3) is 27.7 Å². The largest absolute Gasteiger partial charge is 0.373 e. The van der Waals surface area contributed by atoms with Gasteiger partial charge >= 0.3 is 0 Å². The number of pyridine rings is 2. The Morgan fingerprint density at radius 2 is 2.03 bits per heavy atom. The third kappa shape index (κ3) is 3.83. The van der Waals surface area contributed by atoms with Gasteiger partial charge in [0.1, 0.15) is 11.3 Å². The van der Waals surface area contributed by atoms with Gasteiger partial charge in [-0.1, -0.05) is 17.7 Å². The molecule has 34 heavy (non-hydrogen) atoms. The number of aryl methyl sites for hydroxylation is 1. The molecule has 8 heteroatoms. The van der Waals surface area contributed by atoms with Crippen molar-refractivity contribution in [1.82, 2.24) is 14.6 Å². The summed E-state index contributed by atoms with van der Waals surface area (Å²) in [6.07, 6.45) is 8.50. The summed E-state index contributed by atoms with van der Waals surface area (Å²) in [5.41, 5.74) is 2.64. The van der Waals surface area contributed by atoms with E-state index in [0.29, 0.717) is 46.1 Å². The minimum absolute atomic E-state index is 0.139. The van der Waals surface area contributed by atoms with E-state index >= 15 is 0 Å². The molecule has 0 radical (unpaired) electrons. The van der Waals surface area contributed by atoms with Crippen LogP contribution < -0.4 is 5.56 Å². The Morgan fingerprint density at radius 3 is 2.82 bits per heavy atom. The van der Waals surface area contributed by atoms with Crippen molar-refractivity contribution in [2.45, 2.75) is 38.3 Å². The topological polar surface area (TPSA) is 59.7 Å². The Hall–Kier alpha value is -3.03. The Balaban J connectivity index is 1.46. The fraction of sp³-hybridized carbons (Fsp3) is 0.346. The summed E-state index contributed by atoms with van der Waals surface area (Å²) in [6.45, 7) is 3.17. The molecule has 0 bridgehead atoms. The van der Waals surface area contributed by atoms with Crippen molar-refractivity contribution in [2.75, 3.05) is 13.2 Å². The molecule has 6 rings (SSSR count). The number of aromatic nitrogens is 2. The van der Waals surface area contributed by atoms with Gasteiger partial charge in [-0.3, -0.25) is 14.4 Å². The van der Waals surface area contributed by atoms with Crippen LogP contribution in [-0.2, 0) is 4.74 Å². The second-order valence-corrected chi connectivity index (χ2v) is 9.65. The number of halogens is 2. The van der Waals surface area contributed by atoms with Crippen molar-refractivity contribution in [3.8, 4) is 11.1 Å². The van der Waals surface area contributed by atoms with Crippen molar-refractivity contribution >= 4 is 34.4 Å². The number of benzene rings is 1. The summed E-state index contributed by atoms with van der Waals surface area (Å²) >= 11 is 5.99. The van der Waals surface area contributed by atoms with Gasteiger partial charge < -0.3 is 4.74 Å². The predicted molar refractivity (Wildman–Crippen MR) is 131 cm³/mol. The highest BCUT2D eigenvalue weighted by Crippen LogP contribution is 2.34. The van der Waals surface area contributed by atoms with Gasteiger partial charge in [0, 0.05) is 70.3 Å². The molecule has 0 N–H and O–H groups in total. The molecule has 174 valence electrons. The summed E-state index contributed by atoms with van der Waals surface area (Å²) in [5.74, 6) is -0.304. The van der Waals surface area contributed by atoms with Crippen LogP contribution >= 0.6 is 11.6 Å². The molecule has 0 amide bonds. The lowest BCUT2D eigenvalue weighted by Crippen LogP contribution is -2.33. The molecule has 0 spiro atoms. The van der Waals surface area contributed by atoms with Crippen molar-refractivity contribution in [1.29, 1.82) is 0 Å². The third-order valence-electron chi connectivity index (χ3n) is 6.75. The van der Waals surface area contributed by atoms with Crippen molar-refractivity contribution < 1.29 is 9.13 Å². The molecule has 1 fully saturated rings. The van der Waals surface area contributed by atoms with Gasteiger partial charge in [-0.2, -0.15) is 5.10 Å². The van der Waals surface area contributed by atoms with E-state index in [2.05, 4.69) is 15.1 Å². The molecular weight excluding hydrogens is 455 g/mol. The summed E-state index contributed by atoms with van der Waals surface area (Å²) in [6, 6.07) is 8.80. The van der Waals surface area contributed by atoms with Crippen molar-refractivity contribution in [3.05, 3.63) is 69.5 Å². The van der Waals surface area contributed by atoms with Gasteiger partial charge in [-0.25, -0.2) is 9.37 Å². The molecule has 3 aliphatic rings. The molecule has 1 saturated carbocycles. The monoisotopic (exact) mass is 478 g/mol. The van der Waals surface area contributed by atoms with Crippen LogP contribution in [0.2, 0.25) is 5.02 Å². The van der Waals surface area contributed by atoms with Gasteiger partial charge in [0.2, 0.25) is 0 Å². The first-order chi connectivity index (χ1) is 16.5.